The lowest BCUT2D eigenvalue weighted by Crippen LogP contribution is -2.37. The van der Waals surface area contributed by atoms with Gasteiger partial charge in [0, 0.05) is 23.7 Å². The third-order valence-electron chi connectivity index (χ3n) is 8.33. The fraction of sp³-hybridized carbons (Fsp3) is 0.462. The summed E-state index contributed by atoms with van der Waals surface area (Å²) in [4.78, 5) is 49.5. The van der Waals surface area contributed by atoms with Gasteiger partial charge in [-0.05, 0) is 75.7 Å². The van der Waals surface area contributed by atoms with E-state index in [2.05, 4.69) is 0 Å². The number of hydrogen-bond acceptors (Lipinski definition) is 4. The van der Waals surface area contributed by atoms with Gasteiger partial charge < -0.3 is 0 Å². The molecule has 0 amide bonds. The van der Waals surface area contributed by atoms with E-state index in [1.165, 1.54) is 57.7 Å². The fourth-order valence-corrected chi connectivity index (χ4v) is 6.67. The summed E-state index contributed by atoms with van der Waals surface area (Å²) in [6.45, 7) is 0. The van der Waals surface area contributed by atoms with E-state index in [1.807, 2.05) is 0 Å². The maximum Gasteiger partial charge on any atom is 0.159 e. The number of hydrogen-bond donors (Lipinski definition) is 0. The van der Waals surface area contributed by atoms with Crippen molar-refractivity contribution in [1.29, 1.82) is 0 Å². The Hall–Kier alpha value is -2.62. The van der Waals surface area contributed by atoms with Gasteiger partial charge in [0.05, 0.1) is 0 Å². The Labute approximate surface area is 175 Å². The summed E-state index contributed by atoms with van der Waals surface area (Å²) in [6, 6.07) is 0. The summed E-state index contributed by atoms with van der Waals surface area (Å²) >= 11 is 0. The lowest BCUT2D eigenvalue weighted by molar-refractivity contribution is -0.129. The van der Waals surface area contributed by atoms with Crippen LogP contribution in [0.3, 0.4) is 0 Å². The molecule has 0 aliphatic heterocycles. The monoisotopic (exact) mass is 400 g/mol. The molecule has 0 radical (unpaired) electrons. The molecule has 0 aromatic carbocycles. The van der Waals surface area contributed by atoms with Crippen molar-refractivity contribution < 1.29 is 19.2 Å². The van der Waals surface area contributed by atoms with Crippen LogP contribution in [0.5, 0.6) is 0 Å². The zero-order valence-corrected chi connectivity index (χ0v) is 16.9. The maximum atomic E-state index is 12.4. The van der Waals surface area contributed by atoms with Crippen molar-refractivity contribution in [2.75, 3.05) is 0 Å². The van der Waals surface area contributed by atoms with Crippen LogP contribution in [0.25, 0.3) is 0 Å². The number of ketones is 4. The highest BCUT2D eigenvalue weighted by molar-refractivity contribution is 6.08. The summed E-state index contributed by atoms with van der Waals surface area (Å²) in [6.07, 6.45) is 12.4. The van der Waals surface area contributed by atoms with Gasteiger partial charge in [0.15, 0.2) is 23.1 Å². The van der Waals surface area contributed by atoms with Crippen molar-refractivity contribution in [3.8, 4) is 0 Å². The predicted octanol–water partition coefficient (Wildman–Crippen LogP) is 3.93. The van der Waals surface area contributed by atoms with Crippen LogP contribution < -0.4 is 0 Å². The van der Waals surface area contributed by atoms with E-state index in [-0.39, 0.29) is 46.8 Å². The Bertz CT molecular complexity index is 924. The van der Waals surface area contributed by atoms with E-state index < -0.39 is 0 Å². The van der Waals surface area contributed by atoms with Crippen molar-refractivity contribution in [1.82, 2.24) is 0 Å². The van der Waals surface area contributed by atoms with Gasteiger partial charge in [-0.3, -0.25) is 19.2 Å². The van der Waals surface area contributed by atoms with Gasteiger partial charge in [0.1, 0.15) is 0 Å². The number of allylic oxidation sites excluding steroid dienone is 10. The molecule has 0 saturated carbocycles. The van der Waals surface area contributed by atoms with Gasteiger partial charge in [0.2, 0.25) is 0 Å². The second-order valence-corrected chi connectivity index (χ2v) is 9.85. The van der Waals surface area contributed by atoms with Crippen LogP contribution in [0, 0.1) is 23.7 Å². The molecule has 0 saturated heterocycles. The smallest absolute Gasteiger partial charge is 0.159 e. The molecular weight excluding hydrogens is 376 g/mol. The number of carbonyl (C=O) groups excluding carboxylic acids is 4. The zero-order chi connectivity index (χ0) is 20.6. The molecule has 0 bridgehead atoms. The molecule has 6 aliphatic carbocycles. The molecule has 0 spiro atoms. The van der Waals surface area contributed by atoms with Crippen LogP contribution >= 0.6 is 0 Å². The molecule has 0 fully saturated rings. The SMILES string of the molecule is O=C1C=CC(=O)[C@@H]2CC3=C(CC4=C(C3)CC3=C(C4)C[C@@H]4C(=O)C=CC(=O)[C@@H]4C3)C[C@H]12. The molecule has 6 rings (SSSR count). The largest absolute Gasteiger partial charge is 0.295 e. The molecular formula is C26H24O4. The first-order chi connectivity index (χ1) is 14.5. The van der Waals surface area contributed by atoms with Gasteiger partial charge in [-0.25, -0.2) is 0 Å². The second kappa shape index (κ2) is 6.44. The first-order valence-corrected chi connectivity index (χ1v) is 11.1. The molecule has 30 heavy (non-hydrogen) atoms. The molecule has 0 aromatic rings. The Morgan fingerprint density at radius 3 is 0.867 bits per heavy atom. The summed E-state index contributed by atoms with van der Waals surface area (Å²) in [5, 5.41) is 0. The number of fused-ring (bicyclic) bond motifs is 2. The third-order valence-corrected chi connectivity index (χ3v) is 8.33. The van der Waals surface area contributed by atoms with Gasteiger partial charge in [0.25, 0.3) is 0 Å². The quantitative estimate of drug-likeness (QED) is 0.578. The van der Waals surface area contributed by atoms with Crippen LogP contribution in [0.4, 0.5) is 0 Å². The average molecular weight is 400 g/mol. The Morgan fingerprint density at radius 2 is 0.633 bits per heavy atom. The van der Waals surface area contributed by atoms with Crippen LogP contribution in [-0.2, 0) is 19.2 Å². The first kappa shape index (κ1) is 18.2. The van der Waals surface area contributed by atoms with Crippen molar-refractivity contribution >= 4 is 23.1 Å². The van der Waals surface area contributed by atoms with Crippen molar-refractivity contribution in [2.24, 2.45) is 23.7 Å². The zero-order valence-electron chi connectivity index (χ0n) is 16.9. The van der Waals surface area contributed by atoms with Crippen LogP contribution in [-0.4, -0.2) is 23.1 Å². The molecule has 0 aromatic heterocycles. The minimum absolute atomic E-state index is 0.103. The average Bonchev–Trinajstić information content (AvgIpc) is 2.74. The lowest BCUT2D eigenvalue weighted by atomic mass is 9.62. The van der Waals surface area contributed by atoms with E-state index in [0.29, 0.717) is 0 Å². The number of rotatable bonds is 0. The maximum absolute atomic E-state index is 12.4. The van der Waals surface area contributed by atoms with E-state index in [1.54, 1.807) is 0 Å². The highest BCUT2D eigenvalue weighted by atomic mass is 16.1. The molecule has 152 valence electrons. The third kappa shape index (κ3) is 2.65. The molecule has 6 aliphatic rings. The van der Waals surface area contributed by atoms with Crippen LogP contribution in [0.15, 0.2) is 57.7 Å². The summed E-state index contributed by atoms with van der Waals surface area (Å²) in [5.41, 5.74) is 8.40. The van der Waals surface area contributed by atoms with Crippen molar-refractivity contribution in [3.05, 3.63) is 57.7 Å². The van der Waals surface area contributed by atoms with Gasteiger partial charge in [-0.2, -0.15) is 0 Å². The summed E-state index contributed by atoms with van der Waals surface area (Å²) in [5.74, 6) is -0.273. The van der Waals surface area contributed by atoms with E-state index in [9.17, 15) is 19.2 Å². The lowest BCUT2D eigenvalue weighted by Gasteiger charge is -2.41. The normalized spacial score (nSPS) is 35.2. The highest BCUT2D eigenvalue weighted by Crippen LogP contribution is 2.52. The highest BCUT2D eigenvalue weighted by Gasteiger charge is 2.43. The molecule has 0 N–H and O–H groups in total. The Balaban J connectivity index is 1.24. The van der Waals surface area contributed by atoms with E-state index in [4.69, 9.17) is 0 Å². The molecule has 4 heteroatoms. The fourth-order valence-electron chi connectivity index (χ4n) is 6.67. The van der Waals surface area contributed by atoms with Crippen LogP contribution in [0.1, 0.15) is 51.4 Å². The van der Waals surface area contributed by atoms with Gasteiger partial charge >= 0.3 is 0 Å². The Kier molecular flexibility index (Phi) is 3.90. The minimum Gasteiger partial charge on any atom is -0.295 e. The minimum atomic E-state index is -0.171. The van der Waals surface area contributed by atoms with Crippen molar-refractivity contribution in [3.63, 3.8) is 0 Å². The van der Waals surface area contributed by atoms with Gasteiger partial charge in [-0.1, -0.05) is 33.4 Å². The van der Waals surface area contributed by atoms with Crippen molar-refractivity contribution in [2.45, 2.75) is 51.4 Å². The topological polar surface area (TPSA) is 68.3 Å². The second-order valence-electron chi connectivity index (χ2n) is 9.85. The summed E-state index contributed by atoms with van der Waals surface area (Å²) in [7, 11) is 0. The predicted molar refractivity (Wildman–Crippen MR) is 110 cm³/mol. The van der Waals surface area contributed by atoms with Gasteiger partial charge in [-0.15, -0.1) is 0 Å². The Morgan fingerprint density at radius 1 is 0.400 bits per heavy atom. The van der Waals surface area contributed by atoms with E-state index >= 15 is 0 Å². The van der Waals surface area contributed by atoms with E-state index in [0.717, 1.165) is 51.4 Å². The summed E-state index contributed by atoms with van der Waals surface area (Å²) < 4.78 is 0. The van der Waals surface area contributed by atoms with Crippen LogP contribution in [0.2, 0.25) is 0 Å². The molecule has 4 atom stereocenters. The first-order valence-electron chi connectivity index (χ1n) is 11.1. The number of carbonyl (C=O) groups is 4. The molecule has 4 nitrogen and oxygen atoms in total. The standard InChI is InChI=1S/C26H24O4/c27-23-1-2-24(28)20-10-16-6-14-8-18-12-22-21(25(29)3-4-26(22)30)11-17(18)7-13(14)5-15(16)9-19(20)23/h1-4,19-22H,5-12H2/t19-,20+,21-,22+. The molecule has 0 unspecified atom stereocenters. The molecule has 0 heterocycles.